The van der Waals surface area contributed by atoms with Crippen molar-refractivity contribution in [2.45, 2.75) is 11.5 Å². The molecular weight excluding hydrogens is 428 g/mol. The lowest BCUT2D eigenvalue weighted by Crippen LogP contribution is -2.16. The fourth-order valence-corrected chi connectivity index (χ4v) is 3.86. The summed E-state index contributed by atoms with van der Waals surface area (Å²) in [5, 5.41) is 2.61. The van der Waals surface area contributed by atoms with E-state index in [4.69, 9.17) is 4.74 Å². The van der Waals surface area contributed by atoms with Crippen LogP contribution in [0.15, 0.2) is 71.6 Å². The minimum atomic E-state index is -3.62. The zero-order chi connectivity index (χ0) is 22.6. The average Bonchev–Trinajstić information content (AvgIpc) is 2.74. The third-order valence-electron chi connectivity index (χ3n) is 4.39. The first-order valence-corrected chi connectivity index (χ1v) is 10.9. The minimum Gasteiger partial charge on any atom is -0.497 e. The molecule has 0 aromatic heterocycles. The Balaban J connectivity index is 1.98. The summed E-state index contributed by atoms with van der Waals surface area (Å²) in [6, 6.07) is 16.6. The van der Waals surface area contributed by atoms with Crippen LogP contribution < -0.4 is 14.8 Å². The van der Waals surface area contributed by atoms with Crippen molar-refractivity contribution in [1.82, 2.24) is 0 Å². The van der Waals surface area contributed by atoms with E-state index in [1.807, 2.05) is 0 Å². The second-order valence-corrected chi connectivity index (χ2v) is 8.52. The van der Waals surface area contributed by atoms with Crippen LogP contribution in [0.2, 0.25) is 0 Å². The van der Waals surface area contributed by atoms with Crippen LogP contribution in [0, 0.1) is 0 Å². The van der Waals surface area contributed by atoms with Crippen molar-refractivity contribution in [2.24, 2.45) is 0 Å². The Morgan fingerprint density at radius 2 is 1.68 bits per heavy atom. The van der Waals surface area contributed by atoms with Crippen LogP contribution in [0.25, 0.3) is 11.1 Å². The summed E-state index contributed by atoms with van der Waals surface area (Å²) in [5.74, 6) is -0.138. The van der Waals surface area contributed by atoms with Gasteiger partial charge in [-0.15, -0.1) is 0 Å². The molecule has 0 bridgehead atoms. The molecular formula is C22H19F2NO5S. The van der Waals surface area contributed by atoms with Crippen molar-refractivity contribution in [1.29, 1.82) is 0 Å². The van der Waals surface area contributed by atoms with Gasteiger partial charge in [0.25, 0.3) is 5.91 Å². The van der Waals surface area contributed by atoms with Crippen LogP contribution in [-0.2, 0) is 9.84 Å². The molecule has 3 aromatic carbocycles. The molecule has 0 aliphatic carbocycles. The number of halogens is 2. The maximum atomic E-state index is 12.9. The van der Waals surface area contributed by atoms with Crippen molar-refractivity contribution in [3.05, 3.63) is 72.3 Å². The van der Waals surface area contributed by atoms with E-state index in [9.17, 15) is 22.0 Å². The van der Waals surface area contributed by atoms with Gasteiger partial charge in [-0.1, -0.05) is 24.3 Å². The zero-order valence-electron chi connectivity index (χ0n) is 16.6. The second kappa shape index (κ2) is 9.13. The Kier molecular flexibility index (Phi) is 6.55. The van der Waals surface area contributed by atoms with Gasteiger partial charge in [-0.25, -0.2) is 8.42 Å². The van der Waals surface area contributed by atoms with E-state index < -0.39 is 22.4 Å². The fraction of sp³-hybridized carbons (Fsp3) is 0.136. The summed E-state index contributed by atoms with van der Waals surface area (Å²) >= 11 is 0. The van der Waals surface area contributed by atoms with E-state index in [1.165, 1.54) is 43.5 Å². The number of carbonyl (C=O) groups excluding carboxylic acids is 1. The Morgan fingerprint density at radius 1 is 1.00 bits per heavy atom. The number of ether oxygens (including phenoxy) is 2. The summed E-state index contributed by atoms with van der Waals surface area (Å²) in [6.07, 6.45) is 1.01. The lowest BCUT2D eigenvalue weighted by molar-refractivity contribution is -0.0494. The number of amides is 1. The normalized spacial score (nSPS) is 11.3. The van der Waals surface area contributed by atoms with Crippen LogP contribution in [0.3, 0.4) is 0 Å². The number of benzene rings is 3. The SMILES string of the molecule is COc1ccc(-c2cc(NC(=O)c3ccccc3S(C)(=O)=O)ccc2OC(F)F)cc1. The molecule has 0 aliphatic rings. The first kappa shape index (κ1) is 22.2. The molecule has 1 amide bonds. The number of hydrogen-bond donors (Lipinski definition) is 1. The van der Waals surface area contributed by atoms with Crippen molar-refractivity contribution in [2.75, 3.05) is 18.7 Å². The van der Waals surface area contributed by atoms with Gasteiger partial charge in [0.05, 0.1) is 17.6 Å². The molecule has 0 radical (unpaired) electrons. The van der Waals surface area contributed by atoms with Gasteiger partial charge >= 0.3 is 6.61 Å². The molecule has 1 N–H and O–H groups in total. The topological polar surface area (TPSA) is 81.7 Å². The van der Waals surface area contributed by atoms with Gasteiger partial charge < -0.3 is 14.8 Å². The highest BCUT2D eigenvalue weighted by molar-refractivity contribution is 7.90. The van der Waals surface area contributed by atoms with Gasteiger partial charge in [0.1, 0.15) is 11.5 Å². The Hall–Kier alpha value is -3.46. The second-order valence-electron chi connectivity index (χ2n) is 6.54. The van der Waals surface area contributed by atoms with E-state index in [0.29, 0.717) is 16.9 Å². The van der Waals surface area contributed by atoms with Crippen LogP contribution in [0.1, 0.15) is 10.4 Å². The molecule has 6 nitrogen and oxygen atoms in total. The molecule has 3 rings (SSSR count). The number of hydrogen-bond acceptors (Lipinski definition) is 5. The number of carbonyl (C=O) groups is 1. The highest BCUT2D eigenvalue weighted by atomic mass is 32.2. The molecule has 3 aromatic rings. The number of nitrogens with one attached hydrogen (secondary N) is 1. The van der Waals surface area contributed by atoms with Gasteiger partial charge in [-0.05, 0) is 48.0 Å². The third kappa shape index (κ3) is 5.37. The minimum absolute atomic E-state index is 0.0242. The first-order chi connectivity index (χ1) is 14.7. The number of methoxy groups -OCH3 is 1. The van der Waals surface area contributed by atoms with Crippen LogP contribution >= 0.6 is 0 Å². The van der Waals surface area contributed by atoms with Crippen molar-refractivity contribution in [3.63, 3.8) is 0 Å². The van der Waals surface area contributed by atoms with E-state index in [-0.39, 0.29) is 21.9 Å². The molecule has 31 heavy (non-hydrogen) atoms. The van der Waals surface area contributed by atoms with E-state index in [1.54, 1.807) is 30.3 Å². The van der Waals surface area contributed by atoms with Gasteiger partial charge in [0, 0.05) is 17.5 Å². The smallest absolute Gasteiger partial charge is 0.387 e. The molecule has 0 fully saturated rings. The monoisotopic (exact) mass is 447 g/mol. The van der Waals surface area contributed by atoms with Gasteiger partial charge in [0.2, 0.25) is 0 Å². The number of anilines is 1. The van der Waals surface area contributed by atoms with E-state index in [0.717, 1.165) is 6.26 Å². The summed E-state index contributed by atoms with van der Waals surface area (Å²) < 4.78 is 59.4. The molecule has 9 heteroatoms. The lowest BCUT2D eigenvalue weighted by Gasteiger charge is -2.14. The molecule has 0 aliphatic heterocycles. The highest BCUT2D eigenvalue weighted by Crippen LogP contribution is 2.35. The quantitative estimate of drug-likeness (QED) is 0.572. The van der Waals surface area contributed by atoms with Crippen LogP contribution in [-0.4, -0.2) is 34.3 Å². The zero-order valence-corrected chi connectivity index (χ0v) is 17.5. The van der Waals surface area contributed by atoms with Crippen LogP contribution in [0.5, 0.6) is 11.5 Å². The highest BCUT2D eigenvalue weighted by Gasteiger charge is 2.19. The first-order valence-electron chi connectivity index (χ1n) is 9.03. The summed E-state index contributed by atoms with van der Waals surface area (Å²) in [7, 11) is -2.12. The Labute approximate surface area is 178 Å². The molecule has 0 spiro atoms. The summed E-state index contributed by atoms with van der Waals surface area (Å²) in [4.78, 5) is 12.6. The largest absolute Gasteiger partial charge is 0.497 e. The van der Waals surface area contributed by atoms with Crippen molar-refractivity contribution < 1.29 is 31.5 Å². The molecule has 0 saturated carbocycles. The van der Waals surface area contributed by atoms with E-state index >= 15 is 0 Å². The van der Waals surface area contributed by atoms with Crippen LogP contribution in [0.4, 0.5) is 14.5 Å². The van der Waals surface area contributed by atoms with E-state index in [2.05, 4.69) is 10.1 Å². The molecule has 0 heterocycles. The summed E-state index contributed by atoms with van der Waals surface area (Å²) in [5.41, 5.74) is 1.13. The molecule has 0 saturated heterocycles. The summed E-state index contributed by atoms with van der Waals surface area (Å²) in [6.45, 7) is -3.03. The van der Waals surface area contributed by atoms with Gasteiger partial charge in [0.15, 0.2) is 9.84 Å². The maximum Gasteiger partial charge on any atom is 0.387 e. The third-order valence-corrected chi connectivity index (χ3v) is 5.54. The van der Waals surface area contributed by atoms with Gasteiger partial charge in [-0.2, -0.15) is 8.78 Å². The lowest BCUT2D eigenvalue weighted by atomic mass is 10.0. The van der Waals surface area contributed by atoms with Gasteiger partial charge in [-0.3, -0.25) is 4.79 Å². The fourth-order valence-electron chi connectivity index (χ4n) is 2.98. The van der Waals surface area contributed by atoms with Crippen molar-refractivity contribution >= 4 is 21.4 Å². The standard InChI is InChI=1S/C22H19F2NO5S/c1-29-16-10-7-14(8-11-16)18-13-15(9-12-19(18)30-22(23)24)25-21(26)17-5-3-4-6-20(17)31(2,27)28/h3-13,22H,1-2H3,(H,25,26). The predicted octanol–water partition coefficient (Wildman–Crippen LogP) is 4.62. The molecule has 0 unspecified atom stereocenters. The average molecular weight is 447 g/mol. The molecule has 162 valence electrons. The molecule has 0 atom stereocenters. The number of rotatable bonds is 7. The predicted molar refractivity (Wildman–Crippen MR) is 113 cm³/mol. The van der Waals surface area contributed by atoms with Crippen molar-refractivity contribution in [3.8, 4) is 22.6 Å². The number of alkyl halides is 2. The Morgan fingerprint density at radius 3 is 2.29 bits per heavy atom. The Bertz CT molecular complexity index is 1190. The number of sulfone groups is 1. The maximum absolute atomic E-state index is 12.9.